The Kier molecular flexibility index (Phi) is 11.0. The molecule has 3 N–H and O–H groups in total. The minimum Gasteiger partial charge on any atom is -0.396 e. The van der Waals surface area contributed by atoms with Crippen LogP contribution in [-0.4, -0.2) is 48.3 Å². The number of aliphatic hydroxyl groups is 1. The van der Waals surface area contributed by atoms with E-state index in [1.165, 1.54) is 0 Å². The van der Waals surface area contributed by atoms with Gasteiger partial charge in [-0.3, -0.25) is 4.79 Å². The molecule has 0 radical (unpaired) electrons. The molecule has 0 rings (SSSR count). The molecule has 0 aromatic carbocycles. The zero-order valence-corrected chi connectivity index (χ0v) is 11.1. The first-order valence-corrected chi connectivity index (χ1v) is 7.04. The average Bonchev–Trinajstić information content (AvgIpc) is 2.30. The van der Waals surface area contributed by atoms with Crippen LogP contribution in [0.15, 0.2) is 0 Å². The topological polar surface area (TPSA) is 61.4 Å². The van der Waals surface area contributed by atoms with E-state index in [2.05, 4.69) is 24.5 Å². The standard InChI is InChI=1S/C11H24N2O2S/c1-3-10(2)13-9-11(15)12-5-8-16-7-4-6-14/h10,13-14H,3-9H2,1-2H3,(H,12,15). The lowest BCUT2D eigenvalue weighted by atomic mass is 10.2. The molecule has 0 aromatic heterocycles. The van der Waals surface area contributed by atoms with Crippen molar-refractivity contribution in [3.8, 4) is 0 Å². The number of hydrogen-bond donors (Lipinski definition) is 3. The smallest absolute Gasteiger partial charge is 0.233 e. The fourth-order valence-corrected chi connectivity index (χ4v) is 1.79. The van der Waals surface area contributed by atoms with E-state index in [4.69, 9.17) is 5.11 Å². The zero-order chi connectivity index (χ0) is 12.2. The van der Waals surface area contributed by atoms with Gasteiger partial charge in [-0.1, -0.05) is 6.92 Å². The van der Waals surface area contributed by atoms with Crippen molar-refractivity contribution in [2.45, 2.75) is 32.7 Å². The number of aliphatic hydroxyl groups excluding tert-OH is 1. The zero-order valence-electron chi connectivity index (χ0n) is 10.3. The highest BCUT2D eigenvalue weighted by molar-refractivity contribution is 7.99. The Labute approximate surface area is 103 Å². The first-order valence-electron chi connectivity index (χ1n) is 5.89. The molecule has 4 nitrogen and oxygen atoms in total. The molecule has 0 bridgehead atoms. The first kappa shape index (κ1) is 15.7. The van der Waals surface area contributed by atoms with Crippen molar-refractivity contribution in [2.75, 3.05) is 31.2 Å². The third-order valence-electron chi connectivity index (χ3n) is 2.24. The molecule has 0 aliphatic rings. The van der Waals surface area contributed by atoms with Crippen molar-refractivity contribution in [3.63, 3.8) is 0 Å². The van der Waals surface area contributed by atoms with Gasteiger partial charge in [0.2, 0.25) is 5.91 Å². The maximum atomic E-state index is 11.3. The lowest BCUT2D eigenvalue weighted by molar-refractivity contribution is -0.120. The van der Waals surface area contributed by atoms with Crippen LogP contribution in [-0.2, 0) is 4.79 Å². The Morgan fingerprint density at radius 1 is 1.44 bits per heavy atom. The number of carbonyl (C=O) groups excluding carboxylic acids is 1. The van der Waals surface area contributed by atoms with Crippen LogP contribution >= 0.6 is 11.8 Å². The predicted molar refractivity (Wildman–Crippen MR) is 69.8 cm³/mol. The molecule has 16 heavy (non-hydrogen) atoms. The molecule has 0 aliphatic carbocycles. The highest BCUT2D eigenvalue weighted by atomic mass is 32.2. The largest absolute Gasteiger partial charge is 0.396 e. The normalized spacial score (nSPS) is 12.4. The second-order valence-electron chi connectivity index (χ2n) is 3.73. The molecule has 0 fully saturated rings. The lowest BCUT2D eigenvalue weighted by Gasteiger charge is -2.11. The van der Waals surface area contributed by atoms with E-state index in [0.29, 0.717) is 19.1 Å². The fraction of sp³-hybridized carbons (Fsp3) is 0.909. The van der Waals surface area contributed by atoms with Crippen LogP contribution in [0.3, 0.4) is 0 Å². The van der Waals surface area contributed by atoms with Crippen LogP contribution in [0.25, 0.3) is 0 Å². The number of carbonyl (C=O) groups is 1. The number of amides is 1. The molecule has 0 saturated carbocycles. The SMILES string of the molecule is CCC(C)NCC(=O)NCCSCCCO. The van der Waals surface area contributed by atoms with Gasteiger partial charge < -0.3 is 15.7 Å². The third-order valence-corrected chi connectivity index (χ3v) is 3.31. The van der Waals surface area contributed by atoms with E-state index in [1.54, 1.807) is 11.8 Å². The van der Waals surface area contributed by atoms with Crippen molar-refractivity contribution in [2.24, 2.45) is 0 Å². The fourth-order valence-electron chi connectivity index (χ4n) is 1.01. The molecule has 96 valence electrons. The van der Waals surface area contributed by atoms with E-state index in [9.17, 15) is 4.79 Å². The Morgan fingerprint density at radius 2 is 2.19 bits per heavy atom. The van der Waals surface area contributed by atoms with Gasteiger partial charge in [-0.05, 0) is 25.5 Å². The summed E-state index contributed by atoms with van der Waals surface area (Å²) in [6.07, 6.45) is 1.86. The highest BCUT2D eigenvalue weighted by Gasteiger charge is 2.02. The summed E-state index contributed by atoms with van der Waals surface area (Å²) < 4.78 is 0. The molecular weight excluding hydrogens is 224 g/mol. The molecule has 1 unspecified atom stereocenters. The molecule has 5 heteroatoms. The molecule has 1 amide bonds. The Morgan fingerprint density at radius 3 is 2.81 bits per heavy atom. The van der Waals surface area contributed by atoms with Gasteiger partial charge in [0.1, 0.15) is 0 Å². The van der Waals surface area contributed by atoms with Gasteiger partial charge in [-0.25, -0.2) is 0 Å². The summed E-state index contributed by atoms with van der Waals surface area (Å²) in [5.41, 5.74) is 0. The van der Waals surface area contributed by atoms with Gasteiger partial charge in [0, 0.05) is 24.9 Å². The van der Waals surface area contributed by atoms with Crippen LogP contribution in [0.5, 0.6) is 0 Å². The van der Waals surface area contributed by atoms with Crippen molar-refractivity contribution in [1.29, 1.82) is 0 Å². The molecule has 0 saturated heterocycles. The maximum Gasteiger partial charge on any atom is 0.233 e. The molecule has 0 aliphatic heterocycles. The van der Waals surface area contributed by atoms with E-state index in [1.807, 2.05) is 0 Å². The van der Waals surface area contributed by atoms with E-state index in [0.717, 1.165) is 24.3 Å². The number of rotatable bonds is 10. The second-order valence-corrected chi connectivity index (χ2v) is 4.95. The summed E-state index contributed by atoms with van der Waals surface area (Å²) >= 11 is 1.75. The minimum atomic E-state index is 0.0584. The summed E-state index contributed by atoms with van der Waals surface area (Å²) in [5.74, 6) is 1.93. The van der Waals surface area contributed by atoms with Crippen LogP contribution in [0.2, 0.25) is 0 Å². The van der Waals surface area contributed by atoms with Crippen molar-refractivity contribution >= 4 is 17.7 Å². The maximum absolute atomic E-state index is 11.3. The van der Waals surface area contributed by atoms with Crippen molar-refractivity contribution < 1.29 is 9.90 Å². The second kappa shape index (κ2) is 11.2. The van der Waals surface area contributed by atoms with Gasteiger partial charge in [0.05, 0.1) is 6.54 Å². The summed E-state index contributed by atoms with van der Waals surface area (Å²) in [5, 5.41) is 14.6. The Bertz CT molecular complexity index is 179. The van der Waals surface area contributed by atoms with Gasteiger partial charge in [-0.15, -0.1) is 0 Å². The monoisotopic (exact) mass is 248 g/mol. The highest BCUT2D eigenvalue weighted by Crippen LogP contribution is 1.99. The van der Waals surface area contributed by atoms with Crippen molar-refractivity contribution in [1.82, 2.24) is 10.6 Å². The van der Waals surface area contributed by atoms with Gasteiger partial charge >= 0.3 is 0 Å². The summed E-state index contributed by atoms with van der Waals surface area (Å²) in [7, 11) is 0. The Balaban J connectivity index is 3.24. The number of nitrogens with one attached hydrogen (secondary N) is 2. The van der Waals surface area contributed by atoms with Crippen LogP contribution in [0, 0.1) is 0 Å². The van der Waals surface area contributed by atoms with Gasteiger partial charge in [0.15, 0.2) is 0 Å². The molecular formula is C11H24N2O2S. The van der Waals surface area contributed by atoms with E-state index in [-0.39, 0.29) is 12.5 Å². The molecule has 0 heterocycles. The van der Waals surface area contributed by atoms with Crippen molar-refractivity contribution in [3.05, 3.63) is 0 Å². The van der Waals surface area contributed by atoms with E-state index >= 15 is 0 Å². The van der Waals surface area contributed by atoms with Gasteiger partial charge in [0.25, 0.3) is 0 Å². The van der Waals surface area contributed by atoms with Crippen LogP contribution in [0.1, 0.15) is 26.7 Å². The summed E-state index contributed by atoms with van der Waals surface area (Å²) in [6, 6.07) is 0.393. The van der Waals surface area contributed by atoms with Crippen LogP contribution < -0.4 is 10.6 Å². The molecule has 1 atom stereocenters. The first-order chi connectivity index (χ1) is 7.70. The lowest BCUT2D eigenvalue weighted by Crippen LogP contribution is -2.38. The summed E-state index contributed by atoms with van der Waals surface area (Å²) in [6.45, 7) is 5.51. The third kappa shape index (κ3) is 10.3. The quantitative estimate of drug-likeness (QED) is 0.496. The molecule has 0 spiro atoms. The van der Waals surface area contributed by atoms with E-state index < -0.39 is 0 Å². The van der Waals surface area contributed by atoms with Gasteiger partial charge in [-0.2, -0.15) is 11.8 Å². The number of thioether (sulfide) groups is 1. The summed E-state index contributed by atoms with van der Waals surface area (Å²) in [4.78, 5) is 11.3. The predicted octanol–water partition coefficient (Wildman–Crippen LogP) is 0.606. The molecule has 0 aromatic rings. The average molecular weight is 248 g/mol. The van der Waals surface area contributed by atoms with Crippen LogP contribution in [0.4, 0.5) is 0 Å². The Hall–Kier alpha value is -0.260. The number of hydrogen-bond acceptors (Lipinski definition) is 4. The minimum absolute atomic E-state index is 0.0584.